The molecule has 0 aliphatic heterocycles. The van der Waals surface area contributed by atoms with Gasteiger partial charge in [-0.3, -0.25) is 0 Å². The van der Waals surface area contributed by atoms with E-state index in [1.807, 2.05) is 65.2 Å². The second-order valence-corrected chi connectivity index (χ2v) is 8.22. The van der Waals surface area contributed by atoms with Crippen LogP contribution >= 0.6 is 0 Å². The molecule has 0 aliphatic carbocycles. The fourth-order valence-electron chi connectivity index (χ4n) is 4.33. The summed E-state index contributed by atoms with van der Waals surface area (Å²) in [7, 11) is 0. The Morgan fingerprint density at radius 1 is 0.553 bits per heavy atom. The van der Waals surface area contributed by atoms with E-state index >= 15 is 0 Å². The lowest BCUT2D eigenvalue weighted by atomic mass is 10.0. The van der Waals surface area contributed by atoms with Crippen molar-refractivity contribution in [3.05, 3.63) is 102 Å². The molecule has 3 aromatic carbocycles. The molecular weight excluding hydrogens is 482 g/mol. The zero-order valence-electron chi connectivity index (χ0n) is 21.6. The predicted molar refractivity (Wildman–Crippen MR) is 145 cm³/mol. The number of esters is 3. The van der Waals surface area contributed by atoms with Crippen LogP contribution in [0.15, 0.2) is 84.9 Å². The number of nitrogens with zero attached hydrogens (tertiary/aromatic N) is 1. The van der Waals surface area contributed by atoms with Crippen LogP contribution in [0.5, 0.6) is 0 Å². The Morgan fingerprint density at radius 2 is 0.947 bits per heavy atom. The minimum absolute atomic E-state index is 0.116. The molecular formula is C31H29NO6. The van der Waals surface area contributed by atoms with Gasteiger partial charge < -0.3 is 18.8 Å². The van der Waals surface area contributed by atoms with Crippen molar-refractivity contribution >= 4 is 17.9 Å². The molecule has 0 atom stereocenters. The highest BCUT2D eigenvalue weighted by molar-refractivity contribution is 6.12. The van der Waals surface area contributed by atoms with Gasteiger partial charge in [0.1, 0.15) is 11.1 Å². The first-order chi connectivity index (χ1) is 18.5. The molecule has 7 nitrogen and oxygen atoms in total. The SMILES string of the molecule is CCOC(=O)c1ccc(-n2c(-c3ccccc3)c(C(=O)OCC)c(C(=O)OCC)c2-c2ccccc2)cc1. The van der Waals surface area contributed by atoms with Crippen LogP contribution in [0.3, 0.4) is 0 Å². The number of benzene rings is 3. The molecule has 38 heavy (non-hydrogen) atoms. The smallest absolute Gasteiger partial charge is 0.341 e. The summed E-state index contributed by atoms with van der Waals surface area (Å²) in [5.74, 6) is -1.69. The van der Waals surface area contributed by atoms with Gasteiger partial charge in [0.25, 0.3) is 0 Å². The Morgan fingerprint density at radius 3 is 1.34 bits per heavy atom. The van der Waals surface area contributed by atoms with Gasteiger partial charge in [-0.2, -0.15) is 0 Å². The Hall–Kier alpha value is -4.65. The molecule has 1 heterocycles. The summed E-state index contributed by atoms with van der Waals surface area (Å²) in [5.41, 5.74) is 3.63. The summed E-state index contributed by atoms with van der Waals surface area (Å²) < 4.78 is 17.9. The van der Waals surface area contributed by atoms with Crippen LogP contribution in [0.4, 0.5) is 0 Å². The topological polar surface area (TPSA) is 83.8 Å². The third-order valence-corrected chi connectivity index (χ3v) is 5.86. The number of hydrogen-bond donors (Lipinski definition) is 0. The molecule has 0 amide bonds. The third-order valence-electron chi connectivity index (χ3n) is 5.86. The van der Waals surface area contributed by atoms with Crippen LogP contribution in [0.25, 0.3) is 28.2 Å². The van der Waals surface area contributed by atoms with E-state index in [1.54, 1.807) is 45.0 Å². The van der Waals surface area contributed by atoms with Gasteiger partial charge in [0.2, 0.25) is 0 Å². The lowest BCUT2D eigenvalue weighted by Crippen LogP contribution is -2.13. The van der Waals surface area contributed by atoms with E-state index in [-0.39, 0.29) is 30.9 Å². The van der Waals surface area contributed by atoms with Crippen molar-refractivity contribution < 1.29 is 28.6 Å². The Bertz CT molecular complexity index is 1340. The second-order valence-electron chi connectivity index (χ2n) is 8.22. The van der Waals surface area contributed by atoms with Gasteiger partial charge in [-0.05, 0) is 56.2 Å². The van der Waals surface area contributed by atoms with Gasteiger partial charge in [0, 0.05) is 5.69 Å². The van der Waals surface area contributed by atoms with Crippen LogP contribution in [-0.2, 0) is 14.2 Å². The largest absolute Gasteiger partial charge is 0.462 e. The average Bonchev–Trinajstić information content (AvgIpc) is 3.31. The van der Waals surface area contributed by atoms with Gasteiger partial charge in [-0.1, -0.05) is 60.7 Å². The highest BCUT2D eigenvalue weighted by atomic mass is 16.5. The Balaban J connectivity index is 2.13. The van der Waals surface area contributed by atoms with Crippen molar-refractivity contribution in [3.63, 3.8) is 0 Å². The molecule has 0 radical (unpaired) electrons. The minimum Gasteiger partial charge on any atom is -0.462 e. The fraction of sp³-hybridized carbons (Fsp3) is 0.194. The molecule has 4 rings (SSSR count). The van der Waals surface area contributed by atoms with E-state index in [9.17, 15) is 14.4 Å². The van der Waals surface area contributed by atoms with Crippen LogP contribution in [-0.4, -0.2) is 42.3 Å². The molecule has 1 aromatic heterocycles. The van der Waals surface area contributed by atoms with Gasteiger partial charge >= 0.3 is 17.9 Å². The van der Waals surface area contributed by atoms with Crippen molar-refractivity contribution in [1.29, 1.82) is 0 Å². The molecule has 0 bridgehead atoms. The molecule has 0 aliphatic rings. The van der Waals surface area contributed by atoms with Crippen molar-refractivity contribution in [2.75, 3.05) is 19.8 Å². The van der Waals surface area contributed by atoms with Gasteiger partial charge in [-0.25, -0.2) is 14.4 Å². The molecule has 0 N–H and O–H groups in total. The van der Waals surface area contributed by atoms with Crippen molar-refractivity contribution in [3.8, 4) is 28.2 Å². The highest BCUT2D eigenvalue weighted by Gasteiger charge is 2.34. The summed E-state index contributed by atoms with van der Waals surface area (Å²) in [6, 6.07) is 25.5. The summed E-state index contributed by atoms with van der Waals surface area (Å²) in [6.07, 6.45) is 0. The molecule has 0 saturated carbocycles. The van der Waals surface area contributed by atoms with Crippen molar-refractivity contribution in [1.82, 2.24) is 4.57 Å². The Labute approximate surface area is 221 Å². The van der Waals surface area contributed by atoms with E-state index in [0.717, 1.165) is 0 Å². The zero-order valence-corrected chi connectivity index (χ0v) is 21.6. The molecule has 4 aromatic rings. The monoisotopic (exact) mass is 511 g/mol. The number of rotatable bonds is 9. The quantitative estimate of drug-likeness (QED) is 0.193. The average molecular weight is 512 g/mol. The maximum Gasteiger partial charge on any atom is 0.341 e. The predicted octanol–water partition coefficient (Wildman–Crippen LogP) is 6.34. The van der Waals surface area contributed by atoms with Gasteiger partial charge in [0.05, 0.1) is 36.8 Å². The van der Waals surface area contributed by atoms with E-state index in [4.69, 9.17) is 14.2 Å². The van der Waals surface area contributed by atoms with E-state index in [2.05, 4.69) is 0 Å². The molecule has 0 fully saturated rings. The zero-order chi connectivity index (χ0) is 27.1. The Kier molecular flexibility index (Phi) is 8.38. The normalized spacial score (nSPS) is 10.6. The summed E-state index contributed by atoms with van der Waals surface area (Å²) >= 11 is 0. The molecule has 0 unspecified atom stereocenters. The first-order valence-corrected chi connectivity index (χ1v) is 12.5. The third kappa shape index (κ3) is 5.22. The van der Waals surface area contributed by atoms with Crippen LogP contribution in [0.2, 0.25) is 0 Å². The number of carbonyl (C=O) groups is 3. The number of ether oxygens (including phenoxy) is 3. The fourth-order valence-corrected chi connectivity index (χ4v) is 4.33. The van der Waals surface area contributed by atoms with Gasteiger partial charge in [-0.15, -0.1) is 0 Å². The standard InChI is InChI=1S/C31H29NO6/c1-4-36-29(33)23-17-19-24(20-18-23)32-27(21-13-9-7-10-14-21)25(30(34)37-5-2)26(31(35)38-6-3)28(32)22-15-11-8-12-16-22/h7-20H,4-6H2,1-3H3. The molecule has 7 heteroatoms. The minimum atomic E-state index is -0.631. The number of hydrogen-bond acceptors (Lipinski definition) is 6. The maximum atomic E-state index is 13.5. The lowest BCUT2D eigenvalue weighted by Gasteiger charge is -2.16. The van der Waals surface area contributed by atoms with Crippen molar-refractivity contribution in [2.45, 2.75) is 20.8 Å². The molecule has 0 saturated heterocycles. The van der Waals surface area contributed by atoms with Gasteiger partial charge in [0.15, 0.2) is 0 Å². The summed E-state index contributed by atoms with van der Waals surface area (Å²) in [6.45, 7) is 5.71. The molecule has 194 valence electrons. The second kappa shape index (κ2) is 12.1. The van der Waals surface area contributed by atoms with Crippen LogP contribution in [0, 0.1) is 0 Å². The van der Waals surface area contributed by atoms with E-state index in [0.29, 0.717) is 33.8 Å². The van der Waals surface area contributed by atoms with Crippen molar-refractivity contribution in [2.24, 2.45) is 0 Å². The number of carbonyl (C=O) groups excluding carboxylic acids is 3. The lowest BCUT2D eigenvalue weighted by molar-refractivity contribution is 0.0481. The number of aromatic nitrogens is 1. The van der Waals surface area contributed by atoms with Crippen LogP contribution in [0.1, 0.15) is 51.8 Å². The van der Waals surface area contributed by atoms with E-state index < -0.39 is 17.9 Å². The maximum absolute atomic E-state index is 13.5. The van der Waals surface area contributed by atoms with Crippen LogP contribution < -0.4 is 0 Å². The summed E-state index contributed by atoms with van der Waals surface area (Å²) in [5, 5.41) is 0. The molecule has 0 spiro atoms. The highest BCUT2D eigenvalue weighted by Crippen LogP contribution is 2.41. The van der Waals surface area contributed by atoms with E-state index in [1.165, 1.54) is 0 Å². The summed E-state index contributed by atoms with van der Waals surface area (Å²) in [4.78, 5) is 39.3. The first kappa shape index (κ1) is 26.4. The first-order valence-electron chi connectivity index (χ1n) is 12.5.